The van der Waals surface area contributed by atoms with Crippen LogP contribution in [0.25, 0.3) is 11.1 Å². The Bertz CT molecular complexity index is 1710. The van der Waals surface area contributed by atoms with Gasteiger partial charge in [0, 0.05) is 35.4 Å². The van der Waals surface area contributed by atoms with E-state index >= 15 is 0 Å². The molecule has 6 rings (SSSR count). The van der Waals surface area contributed by atoms with Crippen LogP contribution in [0.4, 0.5) is 0 Å². The molecule has 0 spiro atoms. The third-order valence-corrected chi connectivity index (χ3v) is 20.6. The molecule has 0 aromatic heterocycles. The van der Waals surface area contributed by atoms with E-state index in [0.29, 0.717) is 13.2 Å². The van der Waals surface area contributed by atoms with Crippen molar-refractivity contribution in [2.75, 3.05) is 32.8 Å². The zero-order chi connectivity index (χ0) is 36.6. The number of rotatable bonds is 9. The molecule has 1 fully saturated rings. The van der Waals surface area contributed by atoms with Gasteiger partial charge in [0.25, 0.3) is 0 Å². The Morgan fingerprint density at radius 2 is 1.25 bits per heavy atom. The lowest BCUT2D eigenvalue weighted by Crippen LogP contribution is -2.43. The quantitative estimate of drug-likeness (QED) is 0.205. The van der Waals surface area contributed by atoms with Crippen LogP contribution in [0.3, 0.4) is 0 Å². The second-order valence-electron chi connectivity index (χ2n) is 17.7. The Morgan fingerprint density at radius 3 is 1.86 bits per heavy atom. The maximum Gasteiger partial charge on any atom is 0.250 e. The molecule has 0 amide bonds. The van der Waals surface area contributed by atoms with Gasteiger partial charge < -0.3 is 23.1 Å². The fourth-order valence-electron chi connectivity index (χ4n) is 6.66. The molecule has 0 aliphatic carbocycles. The maximum atomic E-state index is 7.09. The summed E-state index contributed by atoms with van der Waals surface area (Å²) in [7, 11) is -4.08. The molecule has 6 nitrogen and oxygen atoms in total. The normalized spacial score (nSPS) is 18.7. The van der Waals surface area contributed by atoms with E-state index in [1.54, 1.807) is 0 Å². The smallest absolute Gasteiger partial charge is 0.250 e. The molecular weight excluding hydrogens is 667 g/mol. The molecule has 0 N–H and O–H groups in total. The predicted octanol–water partition coefficient (Wildman–Crippen LogP) is 11.5. The molecule has 3 aromatic rings. The Hall–Kier alpha value is -3.21. The zero-order valence-corrected chi connectivity index (χ0v) is 34.9. The van der Waals surface area contributed by atoms with Crippen LogP contribution in [0.5, 0.6) is 28.7 Å². The lowest BCUT2D eigenvalue weighted by Gasteiger charge is -2.38. The van der Waals surface area contributed by atoms with Crippen molar-refractivity contribution in [2.24, 2.45) is 0 Å². The summed E-state index contributed by atoms with van der Waals surface area (Å²) in [4.78, 5) is 2.51. The highest BCUT2D eigenvalue weighted by Gasteiger charge is 2.41. The van der Waals surface area contributed by atoms with Gasteiger partial charge in [-0.1, -0.05) is 60.1 Å². The molecular formula is C43H61NO5Si2. The standard InChI is InChI=1S/C43H61NO5Si2/c1-42(2,3)50(7,8)48-33-21-23-37-38(29-33)46-27-14-15-36-35-22-20-34(49-51(9,10)43(4,5)6)30-39(35)47-41(40(36)37)31-16-18-32(19-17-31)45-28-26-44-24-12-11-13-25-44/h16-23,29-30,41H,11-15,24-28H2,1-10H3. The van der Waals surface area contributed by atoms with Gasteiger partial charge in [-0.2, -0.15) is 0 Å². The number of hydrogen-bond donors (Lipinski definition) is 0. The highest BCUT2D eigenvalue weighted by molar-refractivity contribution is 6.75. The number of likely N-dealkylation sites (tertiary alicyclic amines) is 1. The molecule has 3 heterocycles. The number of hydrogen-bond acceptors (Lipinski definition) is 6. The number of fused-ring (bicyclic) bond motifs is 4. The first kappa shape index (κ1) is 37.5. The molecule has 8 heteroatoms. The second kappa shape index (κ2) is 14.7. The molecule has 0 bridgehead atoms. The van der Waals surface area contributed by atoms with E-state index in [1.807, 2.05) is 0 Å². The number of piperidine rings is 1. The summed E-state index contributed by atoms with van der Waals surface area (Å²) >= 11 is 0. The topological polar surface area (TPSA) is 49.4 Å². The number of allylic oxidation sites excluding steroid dienone is 1. The summed E-state index contributed by atoms with van der Waals surface area (Å²) in [6.07, 6.45) is 5.40. The number of ether oxygens (including phenoxy) is 3. The van der Waals surface area contributed by atoms with Gasteiger partial charge in [-0.15, -0.1) is 0 Å². The lowest BCUT2D eigenvalue weighted by atomic mass is 9.82. The number of nitrogens with zero attached hydrogens (tertiary/aromatic N) is 1. The molecule has 1 atom stereocenters. The van der Waals surface area contributed by atoms with Crippen molar-refractivity contribution in [2.45, 2.75) is 116 Å². The molecule has 0 radical (unpaired) electrons. The minimum absolute atomic E-state index is 0.0932. The molecule has 3 aromatic carbocycles. The zero-order valence-electron chi connectivity index (χ0n) is 32.9. The molecule has 276 valence electrons. The van der Waals surface area contributed by atoms with Crippen molar-refractivity contribution < 1.29 is 23.1 Å². The highest BCUT2D eigenvalue weighted by Crippen LogP contribution is 2.52. The monoisotopic (exact) mass is 727 g/mol. The van der Waals surface area contributed by atoms with E-state index in [4.69, 9.17) is 23.1 Å². The van der Waals surface area contributed by atoms with Crippen LogP contribution in [0.15, 0.2) is 60.7 Å². The minimum atomic E-state index is -2.04. The average molecular weight is 728 g/mol. The van der Waals surface area contributed by atoms with Gasteiger partial charge in [-0.3, -0.25) is 4.90 Å². The Kier molecular flexibility index (Phi) is 10.8. The van der Waals surface area contributed by atoms with Crippen LogP contribution in [0, 0.1) is 0 Å². The van der Waals surface area contributed by atoms with Gasteiger partial charge in [-0.05, 0) is 123 Å². The van der Waals surface area contributed by atoms with Crippen molar-refractivity contribution in [3.63, 3.8) is 0 Å². The van der Waals surface area contributed by atoms with Gasteiger partial charge in [0.1, 0.15) is 41.5 Å². The van der Waals surface area contributed by atoms with E-state index in [1.165, 1.54) is 37.9 Å². The first-order valence-corrected chi connectivity index (χ1v) is 25.0. The third kappa shape index (κ3) is 8.39. The summed E-state index contributed by atoms with van der Waals surface area (Å²) in [6.45, 7) is 27.5. The van der Waals surface area contributed by atoms with Crippen molar-refractivity contribution in [3.05, 3.63) is 77.4 Å². The molecule has 3 aliphatic rings. The molecule has 0 saturated carbocycles. The molecule has 51 heavy (non-hydrogen) atoms. The van der Waals surface area contributed by atoms with E-state index in [0.717, 1.165) is 70.4 Å². The van der Waals surface area contributed by atoms with Crippen LogP contribution in [-0.2, 0) is 0 Å². The van der Waals surface area contributed by atoms with Gasteiger partial charge in [0.2, 0.25) is 16.6 Å². The molecule has 1 saturated heterocycles. The van der Waals surface area contributed by atoms with Crippen LogP contribution < -0.4 is 23.1 Å². The molecule has 1 unspecified atom stereocenters. The second-order valence-corrected chi connectivity index (χ2v) is 27.2. The lowest BCUT2D eigenvalue weighted by molar-refractivity contribution is 0.183. The molecule has 3 aliphatic heterocycles. The van der Waals surface area contributed by atoms with E-state index < -0.39 is 16.6 Å². The fourth-order valence-corrected chi connectivity index (χ4v) is 8.70. The first-order valence-electron chi connectivity index (χ1n) is 19.2. The van der Waals surface area contributed by atoms with Crippen LogP contribution in [0.1, 0.15) is 96.4 Å². The summed E-state index contributed by atoms with van der Waals surface area (Å²) in [5.41, 5.74) is 5.75. The van der Waals surface area contributed by atoms with Crippen molar-refractivity contribution >= 4 is 27.8 Å². The van der Waals surface area contributed by atoms with Gasteiger partial charge in [0.05, 0.1) is 6.61 Å². The predicted molar refractivity (Wildman–Crippen MR) is 216 cm³/mol. The maximum absolute atomic E-state index is 7.09. The van der Waals surface area contributed by atoms with Gasteiger partial charge >= 0.3 is 0 Å². The number of benzene rings is 3. The van der Waals surface area contributed by atoms with Gasteiger partial charge in [-0.25, -0.2) is 0 Å². The largest absolute Gasteiger partial charge is 0.543 e. The van der Waals surface area contributed by atoms with Crippen LogP contribution in [0.2, 0.25) is 36.3 Å². The first-order chi connectivity index (χ1) is 24.0. The van der Waals surface area contributed by atoms with E-state index in [-0.39, 0.29) is 16.2 Å². The summed E-state index contributed by atoms with van der Waals surface area (Å²) < 4.78 is 33.4. The summed E-state index contributed by atoms with van der Waals surface area (Å²) in [6, 6.07) is 21.4. The van der Waals surface area contributed by atoms with Gasteiger partial charge in [0.15, 0.2) is 0 Å². The third-order valence-electron chi connectivity index (χ3n) is 11.8. The van der Waals surface area contributed by atoms with Crippen molar-refractivity contribution in [3.8, 4) is 28.7 Å². The highest BCUT2D eigenvalue weighted by atomic mass is 28.4. The van der Waals surface area contributed by atoms with Crippen LogP contribution in [-0.4, -0.2) is 54.4 Å². The Balaban J connectivity index is 1.37. The summed E-state index contributed by atoms with van der Waals surface area (Å²) in [5, 5.41) is 0.187. The Morgan fingerprint density at radius 1 is 0.686 bits per heavy atom. The van der Waals surface area contributed by atoms with Crippen molar-refractivity contribution in [1.29, 1.82) is 0 Å². The van der Waals surface area contributed by atoms with Crippen molar-refractivity contribution in [1.82, 2.24) is 4.90 Å². The minimum Gasteiger partial charge on any atom is -0.543 e. The summed E-state index contributed by atoms with van der Waals surface area (Å²) in [5.74, 6) is 4.36. The van der Waals surface area contributed by atoms with E-state index in [9.17, 15) is 0 Å². The van der Waals surface area contributed by atoms with Crippen LogP contribution >= 0.6 is 0 Å². The SMILES string of the molecule is CC(C)(C)[Si](C)(C)Oc1ccc2c(c1)OC(c1ccc(OCCN3CCCCC3)cc1)C1=C2CCCOc2cc(O[Si](C)(C)C(C)(C)C)ccc21. The fraction of sp³-hybridized carbons (Fsp3) is 0.535. The Labute approximate surface area is 309 Å². The average Bonchev–Trinajstić information content (AvgIpc) is 3.05. The van der Waals surface area contributed by atoms with E-state index in [2.05, 4.69) is 133 Å².